The van der Waals surface area contributed by atoms with E-state index in [0.29, 0.717) is 22.7 Å². The zero-order chi connectivity index (χ0) is 17.5. The molecule has 3 rings (SSSR count). The molecule has 5 heteroatoms. The molecule has 1 heterocycles. The Morgan fingerprint density at radius 2 is 1.60 bits per heavy atom. The van der Waals surface area contributed by atoms with Gasteiger partial charge in [-0.25, -0.2) is 0 Å². The molecule has 0 bridgehead atoms. The van der Waals surface area contributed by atoms with Gasteiger partial charge in [-0.15, -0.1) is 0 Å². The first-order valence-corrected chi connectivity index (χ1v) is 7.70. The minimum absolute atomic E-state index is 0.294. The van der Waals surface area contributed by atoms with Gasteiger partial charge in [-0.3, -0.25) is 9.59 Å². The first-order valence-electron chi connectivity index (χ1n) is 7.70. The molecule has 0 aliphatic carbocycles. The third-order valence-electron chi connectivity index (χ3n) is 3.40. The van der Waals surface area contributed by atoms with Crippen molar-refractivity contribution in [2.24, 2.45) is 0 Å². The number of benzene rings is 2. The van der Waals surface area contributed by atoms with Gasteiger partial charge in [-0.05, 0) is 42.5 Å². The summed E-state index contributed by atoms with van der Waals surface area (Å²) in [5.41, 5.74) is 1.50. The van der Waals surface area contributed by atoms with Gasteiger partial charge < -0.3 is 15.1 Å². The monoisotopic (exact) mass is 332 g/mol. The van der Waals surface area contributed by atoms with Crippen LogP contribution < -0.4 is 10.6 Å². The fourth-order valence-electron chi connectivity index (χ4n) is 2.23. The quantitative estimate of drug-likeness (QED) is 0.688. The molecule has 0 aliphatic heterocycles. The average Bonchev–Trinajstić information content (AvgIpc) is 3.15. The van der Waals surface area contributed by atoms with Crippen LogP contribution in [0.25, 0.3) is 6.08 Å². The predicted molar refractivity (Wildman–Crippen MR) is 97.2 cm³/mol. The maximum atomic E-state index is 12.5. The summed E-state index contributed by atoms with van der Waals surface area (Å²) < 4.78 is 5.13. The van der Waals surface area contributed by atoms with Crippen molar-refractivity contribution in [1.82, 2.24) is 0 Å². The average molecular weight is 332 g/mol. The number of rotatable bonds is 5. The SMILES string of the molecule is O=C(C=Cc1ccco1)Nc1ccccc1C(=O)Nc1ccccc1. The maximum absolute atomic E-state index is 12.5. The van der Waals surface area contributed by atoms with Crippen molar-refractivity contribution in [3.8, 4) is 0 Å². The van der Waals surface area contributed by atoms with Gasteiger partial charge in [0, 0.05) is 11.8 Å². The van der Waals surface area contributed by atoms with E-state index in [1.165, 1.54) is 12.3 Å². The third-order valence-corrected chi connectivity index (χ3v) is 3.40. The van der Waals surface area contributed by atoms with Crippen molar-refractivity contribution in [2.45, 2.75) is 0 Å². The lowest BCUT2D eigenvalue weighted by molar-refractivity contribution is -0.111. The Kier molecular flexibility index (Phi) is 5.07. The number of nitrogens with one attached hydrogen (secondary N) is 2. The van der Waals surface area contributed by atoms with Crippen molar-refractivity contribution >= 4 is 29.3 Å². The summed E-state index contributed by atoms with van der Waals surface area (Å²) in [5.74, 6) is -0.0706. The zero-order valence-corrected chi connectivity index (χ0v) is 13.3. The van der Waals surface area contributed by atoms with Crippen molar-refractivity contribution in [3.05, 3.63) is 90.4 Å². The van der Waals surface area contributed by atoms with Crippen molar-refractivity contribution in [3.63, 3.8) is 0 Å². The summed E-state index contributed by atoms with van der Waals surface area (Å²) in [4.78, 5) is 24.5. The molecule has 2 aromatic carbocycles. The summed E-state index contributed by atoms with van der Waals surface area (Å²) >= 11 is 0. The van der Waals surface area contributed by atoms with Gasteiger partial charge in [0.2, 0.25) is 5.91 Å². The van der Waals surface area contributed by atoms with E-state index in [1.54, 1.807) is 54.6 Å². The summed E-state index contributed by atoms with van der Waals surface area (Å²) in [6.45, 7) is 0. The number of amides is 2. The fourth-order valence-corrected chi connectivity index (χ4v) is 2.23. The van der Waals surface area contributed by atoms with E-state index in [-0.39, 0.29) is 11.8 Å². The largest absolute Gasteiger partial charge is 0.465 e. The molecule has 1 aromatic heterocycles. The highest BCUT2D eigenvalue weighted by molar-refractivity contribution is 6.11. The van der Waals surface area contributed by atoms with E-state index in [1.807, 2.05) is 18.2 Å². The second kappa shape index (κ2) is 7.79. The molecule has 2 N–H and O–H groups in total. The van der Waals surface area contributed by atoms with Crippen LogP contribution in [-0.4, -0.2) is 11.8 Å². The second-order valence-electron chi connectivity index (χ2n) is 5.20. The second-order valence-corrected chi connectivity index (χ2v) is 5.20. The van der Waals surface area contributed by atoms with Crippen LogP contribution in [0.1, 0.15) is 16.1 Å². The van der Waals surface area contributed by atoms with Crippen LogP contribution >= 0.6 is 0 Å². The zero-order valence-electron chi connectivity index (χ0n) is 13.3. The van der Waals surface area contributed by atoms with E-state index in [2.05, 4.69) is 10.6 Å². The molecule has 0 aliphatic rings. The molecule has 0 saturated carbocycles. The Hall–Kier alpha value is -3.60. The van der Waals surface area contributed by atoms with Gasteiger partial charge in [0.25, 0.3) is 5.91 Å². The standard InChI is InChI=1S/C20H16N2O3/c23-19(13-12-16-9-6-14-25-16)22-18-11-5-4-10-17(18)20(24)21-15-7-2-1-3-8-15/h1-14H,(H,21,24)(H,22,23). The molecule has 0 spiro atoms. The molecule has 25 heavy (non-hydrogen) atoms. The highest BCUT2D eigenvalue weighted by atomic mass is 16.3. The van der Waals surface area contributed by atoms with Gasteiger partial charge in [-0.2, -0.15) is 0 Å². The Bertz CT molecular complexity index is 884. The van der Waals surface area contributed by atoms with E-state index >= 15 is 0 Å². The lowest BCUT2D eigenvalue weighted by Crippen LogP contribution is -2.16. The molecule has 0 fully saturated rings. The fraction of sp³-hybridized carbons (Fsp3) is 0. The van der Waals surface area contributed by atoms with Gasteiger partial charge in [-0.1, -0.05) is 30.3 Å². The van der Waals surface area contributed by atoms with Crippen LogP contribution in [0.15, 0.2) is 83.5 Å². The molecular formula is C20H16N2O3. The topological polar surface area (TPSA) is 71.3 Å². The molecule has 5 nitrogen and oxygen atoms in total. The molecule has 0 atom stereocenters. The number of para-hydroxylation sites is 2. The van der Waals surface area contributed by atoms with Crippen molar-refractivity contribution in [2.75, 3.05) is 10.6 Å². The molecule has 124 valence electrons. The molecular weight excluding hydrogens is 316 g/mol. The number of anilines is 2. The van der Waals surface area contributed by atoms with Gasteiger partial charge in [0.05, 0.1) is 17.5 Å². The van der Waals surface area contributed by atoms with Gasteiger partial charge in [0.15, 0.2) is 0 Å². The lowest BCUT2D eigenvalue weighted by Gasteiger charge is -2.10. The van der Waals surface area contributed by atoms with Crippen LogP contribution in [0.2, 0.25) is 0 Å². The minimum Gasteiger partial charge on any atom is -0.465 e. The van der Waals surface area contributed by atoms with E-state index in [0.717, 1.165) is 0 Å². The van der Waals surface area contributed by atoms with Crippen molar-refractivity contribution < 1.29 is 14.0 Å². The highest BCUT2D eigenvalue weighted by Crippen LogP contribution is 2.17. The maximum Gasteiger partial charge on any atom is 0.257 e. The Labute approximate surface area is 145 Å². The molecule has 0 unspecified atom stereocenters. The van der Waals surface area contributed by atoms with Crippen LogP contribution in [0, 0.1) is 0 Å². The number of hydrogen-bond donors (Lipinski definition) is 2. The van der Waals surface area contributed by atoms with Crippen LogP contribution in [0.3, 0.4) is 0 Å². The van der Waals surface area contributed by atoms with Crippen LogP contribution in [0.4, 0.5) is 11.4 Å². The van der Waals surface area contributed by atoms with E-state index < -0.39 is 0 Å². The predicted octanol–water partition coefficient (Wildman–Crippen LogP) is 4.18. The molecule has 3 aromatic rings. The number of hydrogen-bond acceptors (Lipinski definition) is 3. The van der Waals surface area contributed by atoms with Gasteiger partial charge >= 0.3 is 0 Å². The Balaban J connectivity index is 1.72. The Morgan fingerprint density at radius 1 is 0.840 bits per heavy atom. The molecule has 0 radical (unpaired) electrons. The Morgan fingerprint density at radius 3 is 2.36 bits per heavy atom. The summed E-state index contributed by atoms with van der Waals surface area (Å²) in [7, 11) is 0. The van der Waals surface area contributed by atoms with Gasteiger partial charge in [0.1, 0.15) is 5.76 Å². The third kappa shape index (κ3) is 4.45. The minimum atomic E-state index is -0.351. The smallest absolute Gasteiger partial charge is 0.257 e. The summed E-state index contributed by atoms with van der Waals surface area (Å²) in [6, 6.07) is 19.4. The lowest BCUT2D eigenvalue weighted by atomic mass is 10.1. The highest BCUT2D eigenvalue weighted by Gasteiger charge is 2.12. The van der Waals surface area contributed by atoms with E-state index in [4.69, 9.17) is 4.42 Å². The van der Waals surface area contributed by atoms with Crippen LogP contribution in [0.5, 0.6) is 0 Å². The summed E-state index contributed by atoms with van der Waals surface area (Å²) in [6.07, 6.45) is 4.44. The van der Waals surface area contributed by atoms with E-state index in [9.17, 15) is 9.59 Å². The number of carbonyl (C=O) groups excluding carboxylic acids is 2. The number of furan rings is 1. The first kappa shape index (κ1) is 16.3. The van der Waals surface area contributed by atoms with Crippen LogP contribution in [-0.2, 0) is 4.79 Å². The molecule has 0 saturated heterocycles. The normalized spacial score (nSPS) is 10.6. The first-order chi connectivity index (χ1) is 12.2. The molecule has 2 amide bonds. The van der Waals surface area contributed by atoms with Crippen molar-refractivity contribution in [1.29, 1.82) is 0 Å². The number of carbonyl (C=O) groups is 2. The summed E-state index contributed by atoms with van der Waals surface area (Å²) in [5, 5.41) is 5.51.